The largest absolute Gasteiger partial charge is 0.481 e. The van der Waals surface area contributed by atoms with E-state index in [1.54, 1.807) is 6.92 Å². The molecule has 0 radical (unpaired) electrons. The van der Waals surface area contributed by atoms with Gasteiger partial charge in [-0.05, 0) is 24.3 Å². The highest BCUT2D eigenvalue weighted by atomic mass is 16.5. The molecule has 1 atom stereocenters. The van der Waals surface area contributed by atoms with Crippen LogP contribution in [0, 0.1) is 5.92 Å². The standard InChI is InChI=1S/C17H20N2O3/c1-12(17(20)21)10-14-3-2-13-11-15(4-5-16(13)18-14)19-6-8-22-9-7-19/h2-5,11-12H,6-10H2,1H3,(H,20,21). The molecule has 1 N–H and O–H groups in total. The van der Waals surface area contributed by atoms with E-state index in [0.717, 1.165) is 42.9 Å². The number of aliphatic carboxylic acids is 1. The summed E-state index contributed by atoms with van der Waals surface area (Å²) < 4.78 is 5.38. The van der Waals surface area contributed by atoms with Gasteiger partial charge >= 0.3 is 5.97 Å². The molecule has 0 bridgehead atoms. The number of carboxylic acid groups (broad SMARTS) is 1. The predicted molar refractivity (Wildman–Crippen MR) is 85.3 cm³/mol. The summed E-state index contributed by atoms with van der Waals surface area (Å²) in [5.74, 6) is -1.21. The first-order valence-electron chi connectivity index (χ1n) is 7.58. The molecule has 0 aliphatic carbocycles. The molecule has 1 fully saturated rings. The number of hydrogen-bond donors (Lipinski definition) is 1. The smallest absolute Gasteiger partial charge is 0.306 e. The third kappa shape index (κ3) is 3.20. The molecule has 1 saturated heterocycles. The van der Waals surface area contributed by atoms with Gasteiger partial charge in [0.1, 0.15) is 0 Å². The number of aromatic nitrogens is 1. The molecule has 2 aromatic rings. The minimum atomic E-state index is -0.787. The molecular weight excluding hydrogens is 280 g/mol. The Kier molecular flexibility index (Phi) is 4.24. The van der Waals surface area contributed by atoms with E-state index in [2.05, 4.69) is 22.0 Å². The van der Waals surface area contributed by atoms with Crippen LogP contribution in [0.4, 0.5) is 5.69 Å². The number of anilines is 1. The zero-order chi connectivity index (χ0) is 15.5. The maximum Gasteiger partial charge on any atom is 0.306 e. The van der Waals surface area contributed by atoms with Crippen LogP contribution in [0.15, 0.2) is 30.3 Å². The SMILES string of the molecule is CC(Cc1ccc2cc(N3CCOCC3)ccc2n1)C(=O)O. The number of nitrogens with zero attached hydrogens (tertiary/aromatic N) is 2. The van der Waals surface area contributed by atoms with E-state index in [0.29, 0.717) is 6.42 Å². The van der Waals surface area contributed by atoms with Crippen LogP contribution in [0.1, 0.15) is 12.6 Å². The van der Waals surface area contributed by atoms with Crippen molar-refractivity contribution in [2.75, 3.05) is 31.2 Å². The molecule has 5 heteroatoms. The van der Waals surface area contributed by atoms with Crippen molar-refractivity contribution in [3.05, 3.63) is 36.0 Å². The molecule has 0 spiro atoms. The molecule has 0 saturated carbocycles. The van der Waals surface area contributed by atoms with Gasteiger partial charge in [-0.2, -0.15) is 0 Å². The molecule has 1 aromatic carbocycles. The second-order valence-corrected chi connectivity index (χ2v) is 5.72. The number of morpholine rings is 1. The lowest BCUT2D eigenvalue weighted by Gasteiger charge is -2.29. The van der Waals surface area contributed by atoms with Gasteiger partial charge in [0.05, 0.1) is 24.6 Å². The van der Waals surface area contributed by atoms with E-state index in [1.165, 1.54) is 5.69 Å². The van der Waals surface area contributed by atoms with Crippen molar-refractivity contribution in [2.24, 2.45) is 5.92 Å². The Hall–Kier alpha value is -2.14. The number of rotatable bonds is 4. The molecule has 1 unspecified atom stereocenters. The summed E-state index contributed by atoms with van der Waals surface area (Å²) >= 11 is 0. The first-order valence-corrected chi connectivity index (χ1v) is 7.58. The Bertz CT molecular complexity index is 681. The quantitative estimate of drug-likeness (QED) is 0.939. The lowest BCUT2D eigenvalue weighted by molar-refractivity contribution is -0.141. The second kappa shape index (κ2) is 6.32. The summed E-state index contributed by atoms with van der Waals surface area (Å²) in [5, 5.41) is 10.1. The first kappa shape index (κ1) is 14.8. The Balaban J connectivity index is 1.83. The number of fused-ring (bicyclic) bond motifs is 1. The fourth-order valence-electron chi connectivity index (χ4n) is 2.69. The van der Waals surface area contributed by atoms with Crippen molar-refractivity contribution in [2.45, 2.75) is 13.3 Å². The third-order valence-electron chi connectivity index (χ3n) is 4.04. The van der Waals surface area contributed by atoms with Crippen molar-refractivity contribution in [3.63, 3.8) is 0 Å². The summed E-state index contributed by atoms with van der Waals surface area (Å²) in [4.78, 5) is 17.8. The first-order chi connectivity index (χ1) is 10.6. The number of carbonyl (C=O) groups is 1. The van der Waals surface area contributed by atoms with E-state index < -0.39 is 11.9 Å². The summed E-state index contributed by atoms with van der Waals surface area (Å²) in [7, 11) is 0. The van der Waals surface area contributed by atoms with Gasteiger partial charge in [-0.25, -0.2) is 0 Å². The average molecular weight is 300 g/mol. The zero-order valence-corrected chi connectivity index (χ0v) is 12.7. The van der Waals surface area contributed by atoms with Crippen molar-refractivity contribution in [1.82, 2.24) is 4.98 Å². The van der Waals surface area contributed by atoms with Crippen molar-refractivity contribution in [1.29, 1.82) is 0 Å². The van der Waals surface area contributed by atoms with Crippen LogP contribution in [-0.4, -0.2) is 42.4 Å². The molecule has 3 rings (SSSR count). The highest BCUT2D eigenvalue weighted by molar-refractivity contribution is 5.83. The zero-order valence-electron chi connectivity index (χ0n) is 12.7. The van der Waals surface area contributed by atoms with Crippen molar-refractivity contribution in [3.8, 4) is 0 Å². The summed E-state index contributed by atoms with van der Waals surface area (Å²) in [6.45, 7) is 5.06. The monoisotopic (exact) mass is 300 g/mol. The highest BCUT2D eigenvalue weighted by Crippen LogP contribution is 2.23. The van der Waals surface area contributed by atoms with Gasteiger partial charge in [-0.15, -0.1) is 0 Å². The Labute approximate surface area is 129 Å². The predicted octanol–water partition coefficient (Wildman–Crippen LogP) is 2.33. The van der Waals surface area contributed by atoms with Crippen molar-refractivity contribution >= 4 is 22.6 Å². The molecule has 1 aliphatic rings. The Morgan fingerprint density at radius 2 is 2.09 bits per heavy atom. The lowest BCUT2D eigenvalue weighted by atomic mass is 10.0. The minimum absolute atomic E-state index is 0.419. The van der Waals surface area contributed by atoms with E-state index in [1.807, 2.05) is 18.2 Å². The van der Waals surface area contributed by atoms with E-state index in [9.17, 15) is 4.79 Å². The van der Waals surface area contributed by atoms with Gasteiger partial charge in [0, 0.05) is 36.3 Å². The van der Waals surface area contributed by atoms with Crippen molar-refractivity contribution < 1.29 is 14.6 Å². The average Bonchev–Trinajstić information content (AvgIpc) is 2.55. The van der Waals surface area contributed by atoms with E-state index in [-0.39, 0.29) is 0 Å². The van der Waals surface area contributed by atoms with Crippen LogP contribution < -0.4 is 4.90 Å². The topological polar surface area (TPSA) is 62.7 Å². The molecule has 1 aliphatic heterocycles. The Morgan fingerprint density at radius 1 is 1.32 bits per heavy atom. The number of pyridine rings is 1. The van der Waals surface area contributed by atoms with Gasteiger partial charge in [0.2, 0.25) is 0 Å². The number of hydrogen-bond acceptors (Lipinski definition) is 4. The lowest BCUT2D eigenvalue weighted by Crippen LogP contribution is -2.36. The van der Waals surface area contributed by atoms with Gasteiger partial charge in [0.15, 0.2) is 0 Å². The van der Waals surface area contributed by atoms with Gasteiger partial charge in [0.25, 0.3) is 0 Å². The van der Waals surface area contributed by atoms with Crippen LogP contribution in [0.5, 0.6) is 0 Å². The third-order valence-corrected chi connectivity index (χ3v) is 4.04. The molecule has 22 heavy (non-hydrogen) atoms. The maximum atomic E-state index is 10.9. The van der Waals surface area contributed by atoms with Crippen LogP contribution in [-0.2, 0) is 16.0 Å². The van der Waals surface area contributed by atoms with Gasteiger partial charge in [-0.1, -0.05) is 13.0 Å². The molecule has 5 nitrogen and oxygen atoms in total. The summed E-state index contributed by atoms with van der Waals surface area (Å²) in [5.41, 5.74) is 2.91. The molecule has 1 aromatic heterocycles. The minimum Gasteiger partial charge on any atom is -0.481 e. The fraction of sp³-hybridized carbons (Fsp3) is 0.412. The van der Waals surface area contributed by atoms with Gasteiger partial charge < -0.3 is 14.7 Å². The molecule has 2 heterocycles. The second-order valence-electron chi connectivity index (χ2n) is 5.72. The molecular formula is C17H20N2O3. The number of carboxylic acids is 1. The van der Waals surface area contributed by atoms with E-state index in [4.69, 9.17) is 9.84 Å². The number of benzene rings is 1. The normalized spacial score (nSPS) is 16.7. The summed E-state index contributed by atoms with van der Waals surface area (Å²) in [6, 6.07) is 10.2. The maximum absolute atomic E-state index is 10.9. The van der Waals surface area contributed by atoms with Crippen LogP contribution in [0.3, 0.4) is 0 Å². The van der Waals surface area contributed by atoms with Crippen LogP contribution in [0.25, 0.3) is 10.9 Å². The molecule has 0 amide bonds. The highest BCUT2D eigenvalue weighted by Gasteiger charge is 2.14. The van der Waals surface area contributed by atoms with E-state index >= 15 is 0 Å². The number of ether oxygens (including phenoxy) is 1. The fourth-order valence-corrected chi connectivity index (χ4v) is 2.69. The molecule has 116 valence electrons. The summed E-state index contributed by atoms with van der Waals surface area (Å²) in [6.07, 6.45) is 0.455. The Morgan fingerprint density at radius 3 is 2.82 bits per heavy atom. The van der Waals surface area contributed by atoms with Crippen LogP contribution in [0.2, 0.25) is 0 Å². The van der Waals surface area contributed by atoms with Gasteiger partial charge in [-0.3, -0.25) is 9.78 Å². The van der Waals surface area contributed by atoms with Crippen LogP contribution >= 0.6 is 0 Å².